The monoisotopic (exact) mass is 313 g/mol. The third-order valence-corrected chi connectivity index (χ3v) is 3.34. The van der Waals surface area contributed by atoms with Gasteiger partial charge in [0.05, 0.1) is 12.3 Å². The summed E-state index contributed by atoms with van der Waals surface area (Å²) >= 11 is 5.33. The lowest BCUT2D eigenvalue weighted by atomic mass is 10.1. The minimum absolute atomic E-state index is 0.246. The normalized spacial score (nSPS) is 9.86. The number of hydrogen-bond acceptors (Lipinski definition) is 4. The van der Waals surface area contributed by atoms with Gasteiger partial charge in [0.1, 0.15) is 6.29 Å². The molecule has 0 saturated carbocycles. The Morgan fingerprint density at radius 3 is 2.36 bits per heavy atom. The van der Waals surface area contributed by atoms with Crippen molar-refractivity contribution in [2.24, 2.45) is 0 Å². The van der Waals surface area contributed by atoms with Crippen molar-refractivity contribution in [2.75, 3.05) is 11.5 Å². The van der Waals surface area contributed by atoms with E-state index in [4.69, 9.17) is 17.0 Å². The molecule has 0 unspecified atom stereocenters. The van der Waals surface area contributed by atoms with Crippen LogP contribution in [0.4, 0.5) is 11.4 Å². The number of aldehydes is 2. The molecule has 0 bridgehead atoms. The van der Waals surface area contributed by atoms with Gasteiger partial charge in [0.25, 0.3) is 5.17 Å². The Bertz CT molecular complexity index is 683. The Hall–Kier alpha value is -2.53. The molecule has 0 heterocycles. The molecule has 0 aliphatic heterocycles. The molecule has 0 atom stereocenters. The quantitative estimate of drug-likeness (QED) is 0.621. The summed E-state index contributed by atoms with van der Waals surface area (Å²) in [6.07, 6.45) is 1.55. The van der Waals surface area contributed by atoms with E-state index in [1.807, 2.05) is 13.0 Å². The van der Waals surface area contributed by atoms with Crippen LogP contribution in [-0.4, -0.2) is 24.4 Å². The van der Waals surface area contributed by atoms with Crippen molar-refractivity contribution in [3.63, 3.8) is 0 Å². The van der Waals surface area contributed by atoms with E-state index in [1.165, 1.54) is 0 Å². The van der Waals surface area contributed by atoms with Gasteiger partial charge >= 0.3 is 0 Å². The van der Waals surface area contributed by atoms with Gasteiger partial charge in [-0.15, -0.1) is 0 Å². The summed E-state index contributed by atoms with van der Waals surface area (Å²) in [4.78, 5) is 23.7. The predicted octanol–water partition coefficient (Wildman–Crippen LogP) is 3.77. The van der Waals surface area contributed by atoms with Crippen LogP contribution in [0.15, 0.2) is 48.5 Å². The minimum Gasteiger partial charge on any atom is -0.471 e. The van der Waals surface area contributed by atoms with Crippen LogP contribution >= 0.6 is 12.2 Å². The van der Waals surface area contributed by atoms with E-state index in [0.717, 1.165) is 18.3 Å². The third kappa shape index (κ3) is 3.38. The number of carbonyl (C=O) groups excluding carboxylic acids is 2. The lowest BCUT2D eigenvalue weighted by Crippen LogP contribution is -2.27. The standard InChI is InChI=1S/C17H15NO3S/c1-2-21-17(22)18(15-9-7-13(11-19)8-10-15)16-6-4-3-5-14(16)12-20/h3-12H,2H2,1H3. The molecule has 0 amide bonds. The number of anilines is 2. The maximum Gasteiger partial charge on any atom is 0.268 e. The fourth-order valence-electron chi connectivity index (χ4n) is 2.02. The second kappa shape index (κ2) is 7.47. The van der Waals surface area contributed by atoms with Gasteiger partial charge in [0.15, 0.2) is 6.29 Å². The van der Waals surface area contributed by atoms with Gasteiger partial charge in [-0.25, -0.2) is 0 Å². The number of ether oxygens (including phenoxy) is 1. The van der Waals surface area contributed by atoms with E-state index in [0.29, 0.717) is 23.4 Å². The number of hydrogen-bond donors (Lipinski definition) is 0. The highest BCUT2D eigenvalue weighted by Crippen LogP contribution is 2.29. The first-order valence-corrected chi connectivity index (χ1v) is 7.18. The van der Waals surface area contributed by atoms with Crippen molar-refractivity contribution in [2.45, 2.75) is 6.92 Å². The van der Waals surface area contributed by atoms with Crippen molar-refractivity contribution in [1.82, 2.24) is 0 Å². The van der Waals surface area contributed by atoms with Crippen molar-refractivity contribution in [3.8, 4) is 0 Å². The molecule has 4 nitrogen and oxygen atoms in total. The lowest BCUT2D eigenvalue weighted by molar-refractivity contribution is 0.111. The van der Waals surface area contributed by atoms with E-state index in [1.54, 1.807) is 47.4 Å². The number of nitrogens with zero attached hydrogens (tertiary/aromatic N) is 1. The van der Waals surface area contributed by atoms with E-state index >= 15 is 0 Å². The summed E-state index contributed by atoms with van der Waals surface area (Å²) < 4.78 is 5.44. The largest absolute Gasteiger partial charge is 0.471 e. The van der Waals surface area contributed by atoms with Crippen LogP contribution in [0, 0.1) is 0 Å². The Kier molecular flexibility index (Phi) is 5.38. The zero-order valence-corrected chi connectivity index (χ0v) is 12.9. The predicted molar refractivity (Wildman–Crippen MR) is 90.0 cm³/mol. The highest BCUT2D eigenvalue weighted by molar-refractivity contribution is 7.80. The van der Waals surface area contributed by atoms with Gasteiger partial charge in [-0.3, -0.25) is 14.5 Å². The molecular formula is C17H15NO3S. The van der Waals surface area contributed by atoms with E-state index in [2.05, 4.69) is 0 Å². The Balaban J connectivity index is 2.52. The summed E-state index contributed by atoms with van der Waals surface area (Å²) in [5.41, 5.74) is 2.42. The highest BCUT2D eigenvalue weighted by Gasteiger charge is 2.18. The molecule has 2 aromatic rings. The molecule has 0 spiro atoms. The van der Waals surface area contributed by atoms with Gasteiger partial charge in [0, 0.05) is 16.8 Å². The van der Waals surface area contributed by atoms with Crippen molar-refractivity contribution in [1.29, 1.82) is 0 Å². The van der Waals surface area contributed by atoms with Crippen molar-refractivity contribution >= 4 is 41.3 Å². The summed E-state index contributed by atoms with van der Waals surface area (Å²) in [7, 11) is 0. The van der Waals surface area contributed by atoms with Crippen LogP contribution in [0.1, 0.15) is 27.6 Å². The van der Waals surface area contributed by atoms with Crippen LogP contribution in [0.2, 0.25) is 0 Å². The molecule has 0 saturated heterocycles. The molecule has 0 aromatic heterocycles. The topological polar surface area (TPSA) is 46.6 Å². The first-order chi connectivity index (χ1) is 10.7. The molecule has 0 aliphatic carbocycles. The van der Waals surface area contributed by atoms with Crippen LogP contribution < -0.4 is 4.90 Å². The molecule has 0 radical (unpaired) electrons. The average Bonchev–Trinajstić information content (AvgIpc) is 2.56. The zero-order valence-electron chi connectivity index (χ0n) is 12.1. The fourth-order valence-corrected chi connectivity index (χ4v) is 2.35. The van der Waals surface area contributed by atoms with Gasteiger partial charge in [-0.1, -0.05) is 12.1 Å². The molecule has 112 valence electrons. The van der Waals surface area contributed by atoms with Gasteiger partial charge in [-0.2, -0.15) is 0 Å². The molecule has 2 rings (SSSR count). The van der Waals surface area contributed by atoms with Crippen molar-refractivity contribution in [3.05, 3.63) is 59.7 Å². The van der Waals surface area contributed by atoms with Gasteiger partial charge < -0.3 is 4.74 Å². The Labute approximate surface area is 134 Å². The minimum atomic E-state index is 0.246. The van der Waals surface area contributed by atoms with Gasteiger partial charge in [0.2, 0.25) is 0 Å². The second-order valence-electron chi connectivity index (χ2n) is 4.42. The fraction of sp³-hybridized carbons (Fsp3) is 0.118. The van der Waals surface area contributed by atoms with Crippen LogP contribution in [0.3, 0.4) is 0 Å². The summed E-state index contributed by atoms with van der Waals surface area (Å²) in [6.45, 7) is 2.26. The molecule has 22 heavy (non-hydrogen) atoms. The van der Waals surface area contributed by atoms with Crippen LogP contribution in [-0.2, 0) is 4.74 Å². The lowest BCUT2D eigenvalue weighted by Gasteiger charge is -2.26. The third-order valence-electron chi connectivity index (χ3n) is 3.04. The number of benzene rings is 2. The van der Waals surface area contributed by atoms with E-state index in [-0.39, 0.29) is 5.17 Å². The SMILES string of the molecule is CCOC(=S)N(c1ccc(C=O)cc1)c1ccccc1C=O. The Morgan fingerprint density at radius 2 is 1.77 bits per heavy atom. The Morgan fingerprint density at radius 1 is 1.09 bits per heavy atom. The zero-order chi connectivity index (χ0) is 15.9. The number of para-hydroxylation sites is 1. The maximum absolute atomic E-state index is 11.3. The van der Waals surface area contributed by atoms with Gasteiger partial charge in [-0.05, 0) is 55.5 Å². The number of thiocarbonyl (C=S) groups is 1. The second-order valence-corrected chi connectivity index (χ2v) is 4.77. The van der Waals surface area contributed by atoms with E-state index < -0.39 is 0 Å². The van der Waals surface area contributed by atoms with E-state index in [9.17, 15) is 9.59 Å². The molecular weight excluding hydrogens is 298 g/mol. The molecule has 0 aliphatic rings. The first-order valence-electron chi connectivity index (χ1n) is 6.77. The first kappa shape index (κ1) is 15.9. The summed E-state index contributed by atoms with van der Waals surface area (Å²) in [6, 6.07) is 14.0. The number of carbonyl (C=O) groups is 2. The average molecular weight is 313 g/mol. The highest BCUT2D eigenvalue weighted by atomic mass is 32.1. The summed E-state index contributed by atoms with van der Waals surface area (Å²) in [5, 5.41) is 0.246. The van der Waals surface area contributed by atoms with Crippen LogP contribution in [0.5, 0.6) is 0 Å². The number of rotatable bonds is 5. The van der Waals surface area contributed by atoms with Crippen molar-refractivity contribution < 1.29 is 14.3 Å². The van der Waals surface area contributed by atoms with Crippen LogP contribution in [0.25, 0.3) is 0 Å². The maximum atomic E-state index is 11.3. The smallest absolute Gasteiger partial charge is 0.268 e. The molecule has 0 N–H and O–H groups in total. The molecule has 0 fully saturated rings. The molecule has 2 aromatic carbocycles. The molecule has 5 heteroatoms. The summed E-state index contributed by atoms with van der Waals surface area (Å²) in [5.74, 6) is 0.